The molecular weight excluding hydrogens is 176 g/mol. The summed E-state index contributed by atoms with van der Waals surface area (Å²) in [7, 11) is 0. The SMILES string of the molecule is OCCN(CCC1CCCN1)C1CC1. The molecule has 3 nitrogen and oxygen atoms in total. The zero-order chi connectivity index (χ0) is 9.80. The summed E-state index contributed by atoms with van der Waals surface area (Å²) in [4.78, 5) is 2.46. The van der Waals surface area contributed by atoms with Crippen LogP contribution in [0.3, 0.4) is 0 Å². The first-order valence-electron chi connectivity index (χ1n) is 5.98. The third-order valence-electron chi connectivity index (χ3n) is 3.38. The average molecular weight is 198 g/mol. The van der Waals surface area contributed by atoms with Crippen LogP contribution in [0.5, 0.6) is 0 Å². The molecule has 0 spiro atoms. The fourth-order valence-electron chi connectivity index (χ4n) is 2.37. The lowest BCUT2D eigenvalue weighted by Crippen LogP contribution is -2.34. The summed E-state index contributed by atoms with van der Waals surface area (Å²) in [6.45, 7) is 3.56. The molecule has 14 heavy (non-hydrogen) atoms. The molecule has 0 amide bonds. The van der Waals surface area contributed by atoms with Crippen molar-refractivity contribution in [1.29, 1.82) is 0 Å². The Morgan fingerprint density at radius 1 is 1.21 bits per heavy atom. The predicted molar refractivity (Wildman–Crippen MR) is 57.3 cm³/mol. The Morgan fingerprint density at radius 3 is 2.64 bits per heavy atom. The Bertz CT molecular complexity index is 165. The molecule has 1 saturated heterocycles. The molecule has 0 aromatic heterocycles. The van der Waals surface area contributed by atoms with Crippen LogP contribution in [-0.4, -0.2) is 48.3 Å². The maximum Gasteiger partial charge on any atom is 0.0558 e. The quantitative estimate of drug-likeness (QED) is 0.655. The molecule has 0 aromatic rings. The molecule has 2 aliphatic rings. The maximum absolute atomic E-state index is 8.95. The van der Waals surface area contributed by atoms with Crippen LogP contribution in [0.2, 0.25) is 0 Å². The Balaban J connectivity index is 1.65. The van der Waals surface area contributed by atoms with Crippen LogP contribution < -0.4 is 5.32 Å². The van der Waals surface area contributed by atoms with Crippen molar-refractivity contribution in [3.63, 3.8) is 0 Å². The highest BCUT2D eigenvalue weighted by molar-refractivity contribution is 4.85. The van der Waals surface area contributed by atoms with Gasteiger partial charge in [-0.1, -0.05) is 0 Å². The second-order valence-electron chi connectivity index (χ2n) is 4.57. The smallest absolute Gasteiger partial charge is 0.0558 e. The molecular formula is C11H22N2O. The number of nitrogens with one attached hydrogen (secondary N) is 1. The van der Waals surface area contributed by atoms with Gasteiger partial charge in [0.25, 0.3) is 0 Å². The fourth-order valence-corrected chi connectivity index (χ4v) is 2.37. The van der Waals surface area contributed by atoms with Crippen molar-refractivity contribution in [2.45, 2.75) is 44.2 Å². The van der Waals surface area contributed by atoms with Crippen molar-refractivity contribution in [3.8, 4) is 0 Å². The van der Waals surface area contributed by atoms with Crippen molar-refractivity contribution >= 4 is 0 Å². The van der Waals surface area contributed by atoms with E-state index >= 15 is 0 Å². The molecule has 3 heteroatoms. The third kappa shape index (κ3) is 2.94. The van der Waals surface area contributed by atoms with Gasteiger partial charge in [-0.2, -0.15) is 0 Å². The standard InChI is InChI=1S/C11H22N2O/c14-9-8-13(11-3-4-11)7-5-10-2-1-6-12-10/h10-12,14H,1-9H2. The lowest BCUT2D eigenvalue weighted by Gasteiger charge is -2.22. The van der Waals surface area contributed by atoms with Crippen molar-refractivity contribution in [2.75, 3.05) is 26.2 Å². The van der Waals surface area contributed by atoms with Gasteiger partial charge < -0.3 is 10.4 Å². The molecule has 1 aliphatic heterocycles. The first-order chi connectivity index (χ1) is 6.90. The zero-order valence-corrected chi connectivity index (χ0v) is 8.91. The summed E-state index contributed by atoms with van der Waals surface area (Å²) in [6, 6.07) is 1.54. The fraction of sp³-hybridized carbons (Fsp3) is 1.00. The topological polar surface area (TPSA) is 35.5 Å². The number of hydrogen-bond acceptors (Lipinski definition) is 3. The zero-order valence-electron chi connectivity index (χ0n) is 8.91. The van der Waals surface area contributed by atoms with Crippen LogP contribution in [0.4, 0.5) is 0 Å². The first kappa shape index (κ1) is 10.4. The minimum atomic E-state index is 0.314. The van der Waals surface area contributed by atoms with E-state index in [4.69, 9.17) is 5.11 Å². The van der Waals surface area contributed by atoms with Gasteiger partial charge in [-0.25, -0.2) is 0 Å². The third-order valence-corrected chi connectivity index (χ3v) is 3.38. The normalized spacial score (nSPS) is 27.4. The molecule has 2 N–H and O–H groups in total. The van der Waals surface area contributed by atoms with E-state index in [0.29, 0.717) is 6.61 Å². The van der Waals surface area contributed by atoms with Crippen LogP contribution in [-0.2, 0) is 0 Å². The van der Waals surface area contributed by atoms with Gasteiger partial charge in [0.2, 0.25) is 0 Å². The number of nitrogens with zero attached hydrogens (tertiary/aromatic N) is 1. The lowest BCUT2D eigenvalue weighted by atomic mass is 10.1. The van der Waals surface area contributed by atoms with Crippen LogP contribution >= 0.6 is 0 Å². The van der Waals surface area contributed by atoms with E-state index in [0.717, 1.165) is 18.6 Å². The Morgan fingerprint density at radius 2 is 2.07 bits per heavy atom. The maximum atomic E-state index is 8.95. The lowest BCUT2D eigenvalue weighted by molar-refractivity contribution is 0.183. The van der Waals surface area contributed by atoms with E-state index in [-0.39, 0.29) is 0 Å². The van der Waals surface area contributed by atoms with Crippen molar-refractivity contribution < 1.29 is 5.11 Å². The summed E-state index contributed by atoms with van der Waals surface area (Å²) >= 11 is 0. The van der Waals surface area contributed by atoms with E-state index in [9.17, 15) is 0 Å². The van der Waals surface area contributed by atoms with Gasteiger partial charge in [0, 0.05) is 18.6 Å². The summed E-state index contributed by atoms with van der Waals surface area (Å²) < 4.78 is 0. The van der Waals surface area contributed by atoms with E-state index in [2.05, 4.69) is 10.2 Å². The van der Waals surface area contributed by atoms with Gasteiger partial charge >= 0.3 is 0 Å². The number of aliphatic hydroxyl groups excluding tert-OH is 1. The summed E-state index contributed by atoms with van der Waals surface area (Å²) in [5.74, 6) is 0. The van der Waals surface area contributed by atoms with Crippen molar-refractivity contribution in [1.82, 2.24) is 10.2 Å². The molecule has 0 aromatic carbocycles. The second-order valence-corrected chi connectivity index (χ2v) is 4.57. The van der Waals surface area contributed by atoms with Crippen molar-refractivity contribution in [2.24, 2.45) is 0 Å². The van der Waals surface area contributed by atoms with E-state index in [1.165, 1.54) is 45.2 Å². The summed E-state index contributed by atoms with van der Waals surface area (Å²) in [5, 5.41) is 12.5. The van der Waals surface area contributed by atoms with E-state index in [1.54, 1.807) is 0 Å². The minimum Gasteiger partial charge on any atom is -0.395 e. The molecule has 0 bridgehead atoms. The van der Waals surface area contributed by atoms with E-state index < -0.39 is 0 Å². The van der Waals surface area contributed by atoms with Crippen molar-refractivity contribution in [3.05, 3.63) is 0 Å². The highest BCUT2D eigenvalue weighted by Crippen LogP contribution is 2.26. The van der Waals surface area contributed by atoms with Crippen LogP contribution in [0.1, 0.15) is 32.1 Å². The van der Waals surface area contributed by atoms with E-state index in [1.807, 2.05) is 0 Å². The van der Waals surface area contributed by atoms with Gasteiger partial charge in [-0.05, 0) is 45.2 Å². The number of rotatable bonds is 6. The molecule has 1 saturated carbocycles. The largest absolute Gasteiger partial charge is 0.395 e. The van der Waals surface area contributed by atoms with Gasteiger partial charge in [0.1, 0.15) is 0 Å². The van der Waals surface area contributed by atoms with Gasteiger partial charge in [0.15, 0.2) is 0 Å². The molecule has 1 unspecified atom stereocenters. The Hall–Kier alpha value is -0.120. The Labute approximate surface area is 86.5 Å². The molecule has 1 heterocycles. The number of hydrogen-bond donors (Lipinski definition) is 2. The monoisotopic (exact) mass is 198 g/mol. The highest BCUT2D eigenvalue weighted by Gasteiger charge is 2.28. The Kier molecular flexibility index (Phi) is 3.79. The molecule has 2 fully saturated rings. The minimum absolute atomic E-state index is 0.314. The second kappa shape index (κ2) is 5.10. The summed E-state index contributed by atoms with van der Waals surface area (Å²) in [5.41, 5.74) is 0. The van der Waals surface area contributed by atoms with Crippen LogP contribution in [0.25, 0.3) is 0 Å². The van der Waals surface area contributed by atoms with Gasteiger partial charge in [0.05, 0.1) is 6.61 Å². The van der Waals surface area contributed by atoms with Crippen LogP contribution in [0, 0.1) is 0 Å². The highest BCUT2D eigenvalue weighted by atomic mass is 16.3. The molecule has 1 atom stereocenters. The van der Waals surface area contributed by atoms with Gasteiger partial charge in [-0.15, -0.1) is 0 Å². The molecule has 82 valence electrons. The molecule has 1 aliphatic carbocycles. The molecule has 0 radical (unpaired) electrons. The molecule has 2 rings (SSSR count). The first-order valence-corrected chi connectivity index (χ1v) is 5.98. The van der Waals surface area contributed by atoms with Gasteiger partial charge in [-0.3, -0.25) is 4.90 Å². The summed E-state index contributed by atoms with van der Waals surface area (Å²) in [6.07, 6.45) is 6.64. The average Bonchev–Trinajstić information content (AvgIpc) is 2.90. The predicted octanol–water partition coefficient (Wildman–Crippen LogP) is 0.585. The number of aliphatic hydroxyl groups is 1. The van der Waals surface area contributed by atoms with Crippen LogP contribution in [0.15, 0.2) is 0 Å².